The van der Waals surface area contributed by atoms with E-state index >= 15 is 0 Å². The molecule has 1 aromatic heterocycles. The Balaban J connectivity index is 2.78. The second-order valence-electron chi connectivity index (χ2n) is 3.12. The summed E-state index contributed by atoms with van der Waals surface area (Å²) in [5, 5.41) is 7.33. The molecule has 1 rings (SSSR count). The highest BCUT2D eigenvalue weighted by Gasteiger charge is 2.11. The smallest absolute Gasteiger partial charge is 0.141 e. The summed E-state index contributed by atoms with van der Waals surface area (Å²) in [6.07, 6.45) is 3.85. The van der Waals surface area contributed by atoms with Crippen molar-refractivity contribution in [2.75, 3.05) is 7.05 Å². The van der Waals surface area contributed by atoms with E-state index in [2.05, 4.69) is 29.2 Å². The van der Waals surface area contributed by atoms with Crippen LogP contribution in [-0.2, 0) is 6.54 Å². The average Bonchev–Trinajstić information content (AvgIpc) is 2.57. The molecule has 1 aromatic rings. The third kappa shape index (κ3) is 2.28. The maximum atomic E-state index is 4.24. The van der Waals surface area contributed by atoms with Crippen LogP contribution in [0.2, 0.25) is 0 Å². The molecule has 1 heterocycles. The van der Waals surface area contributed by atoms with Crippen molar-refractivity contribution in [1.29, 1.82) is 0 Å². The lowest BCUT2D eigenvalue weighted by Gasteiger charge is -2.14. The van der Waals surface area contributed by atoms with Gasteiger partial charge in [0.05, 0.1) is 12.6 Å². The highest BCUT2D eigenvalue weighted by molar-refractivity contribution is 4.86. The minimum absolute atomic E-state index is 0.492. The molecule has 74 valence electrons. The molecule has 0 aliphatic carbocycles. The molecule has 0 atom stereocenters. The minimum Gasteiger partial charge on any atom is -0.313 e. The largest absolute Gasteiger partial charge is 0.313 e. The molecule has 4 nitrogen and oxygen atoms in total. The van der Waals surface area contributed by atoms with E-state index in [-0.39, 0.29) is 0 Å². The van der Waals surface area contributed by atoms with Crippen molar-refractivity contribution >= 4 is 0 Å². The zero-order valence-corrected chi connectivity index (χ0v) is 8.62. The first-order valence-corrected chi connectivity index (χ1v) is 4.86. The standard InChI is InChI=1S/C9H18N4/c1-4-8(5-2)13-9(6-10-3)11-7-12-13/h7-8,10H,4-6H2,1-3H3. The molecule has 0 unspecified atom stereocenters. The molecular formula is C9H18N4. The molecule has 1 N–H and O–H groups in total. The zero-order chi connectivity index (χ0) is 9.68. The van der Waals surface area contributed by atoms with Crippen molar-refractivity contribution < 1.29 is 0 Å². The molecule has 0 fully saturated rings. The topological polar surface area (TPSA) is 42.7 Å². The van der Waals surface area contributed by atoms with Crippen LogP contribution in [-0.4, -0.2) is 21.8 Å². The Bertz CT molecular complexity index is 240. The predicted molar refractivity (Wildman–Crippen MR) is 52.4 cm³/mol. The van der Waals surface area contributed by atoms with Gasteiger partial charge in [-0.3, -0.25) is 0 Å². The highest BCUT2D eigenvalue weighted by atomic mass is 15.4. The lowest BCUT2D eigenvalue weighted by atomic mass is 10.2. The molecular weight excluding hydrogens is 164 g/mol. The summed E-state index contributed by atoms with van der Waals surface area (Å²) in [5.41, 5.74) is 0. The second kappa shape index (κ2) is 4.97. The van der Waals surface area contributed by atoms with Crippen LogP contribution in [0.5, 0.6) is 0 Å². The van der Waals surface area contributed by atoms with Gasteiger partial charge < -0.3 is 5.32 Å². The lowest BCUT2D eigenvalue weighted by Crippen LogP contribution is -2.17. The Hall–Kier alpha value is -0.900. The number of hydrogen-bond donors (Lipinski definition) is 1. The van der Waals surface area contributed by atoms with Gasteiger partial charge in [0.25, 0.3) is 0 Å². The zero-order valence-electron chi connectivity index (χ0n) is 8.62. The van der Waals surface area contributed by atoms with E-state index in [0.717, 1.165) is 25.2 Å². The first-order valence-electron chi connectivity index (χ1n) is 4.86. The van der Waals surface area contributed by atoms with Gasteiger partial charge in [-0.05, 0) is 19.9 Å². The van der Waals surface area contributed by atoms with Crippen molar-refractivity contribution in [3.63, 3.8) is 0 Å². The lowest BCUT2D eigenvalue weighted by molar-refractivity contribution is 0.408. The normalized spacial score (nSPS) is 11.1. The fourth-order valence-corrected chi connectivity index (χ4v) is 1.50. The minimum atomic E-state index is 0.492. The first-order chi connectivity index (χ1) is 6.33. The number of nitrogens with zero attached hydrogens (tertiary/aromatic N) is 3. The molecule has 13 heavy (non-hydrogen) atoms. The van der Waals surface area contributed by atoms with Crippen LogP contribution in [0.25, 0.3) is 0 Å². The Morgan fingerprint density at radius 3 is 2.69 bits per heavy atom. The fraction of sp³-hybridized carbons (Fsp3) is 0.778. The third-order valence-corrected chi connectivity index (χ3v) is 2.27. The van der Waals surface area contributed by atoms with Gasteiger partial charge in [0.2, 0.25) is 0 Å². The van der Waals surface area contributed by atoms with Crippen LogP contribution in [0.15, 0.2) is 6.33 Å². The van der Waals surface area contributed by atoms with Crippen molar-refractivity contribution in [1.82, 2.24) is 20.1 Å². The van der Waals surface area contributed by atoms with Gasteiger partial charge in [-0.1, -0.05) is 13.8 Å². The number of hydrogen-bond acceptors (Lipinski definition) is 3. The van der Waals surface area contributed by atoms with E-state index < -0.39 is 0 Å². The number of aromatic nitrogens is 3. The maximum absolute atomic E-state index is 4.24. The summed E-state index contributed by atoms with van der Waals surface area (Å²) in [6.45, 7) is 5.15. The molecule has 0 aromatic carbocycles. The van der Waals surface area contributed by atoms with Gasteiger partial charge in [0.1, 0.15) is 12.2 Å². The van der Waals surface area contributed by atoms with E-state index in [9.17, 15) is 0 Å². The third-order valence-electron chi connectivity index (χ3n) is 2.27. The Kier molecular flexibility index (Phi) is 3.89. The Morgan fingerprint density at radius 1 is 1.46 bits per heavy atom. The van der Waals surface area contributed by atoms with Crippen LogP contribution in [0.4, 0.5) is 0 Å². The molecule has 0 bridgehead atoms. The summed E-state index contributed by atoms with van der Waals surface area (Å²) in [4.78, 5) is 4.21. The quantitative estimate of drug-likeness (QED) is 0.747. The number of rotatable bonds is 5. The van der Waals surface area contributed by atoms with Crippen LogP contribution < -0.4 is 5.32 Å². The van der Waals surface area contributed by atoms with Gasteiger partial charge >= 0.3 is 0 Å². The summed E-state index contributed by atoms with van der Waals surface area (Å²) in [5.74, 6) is 1.02. The van der Waals surface area contributed by atoms with Crippen LogP contribution in [0, 0.1) is 0 Å². The Labute approximate surface area is 79.4 Å². The summed E-state index contributed by atoms with van der Waals surface area (Å²) >= 11 is 0. The van der Waals surface area contributed by atoms with Crippen molar-refractivity contribution in [2.24, 2.45) is 0 Å². The first kappa shape index (κ1) is 10.2. The Morgan fingerprint density at radius 2 is 2.15 bits per heavy atom. The second-order valence-corrected chi connectivity index (χ2v) is 3.12. The molecule has 0 saturated heterocycles. The van der Waals surface area contributed by atoms with Crippen molar-refractivity contribution in [2.45, 2.75) is 39.3 Å². The van der Waals surface area contributed by atoms with E-state index in [1.165, 1.54) is 0 Å². The molecule has 0 spiro atoms. The van der Waals surface area contributed by atoms with E-state index in [4.69, 9.17) is 0 Å². The SMILES string of the molecule is CCC(CC)n1ncnc1CNC. The van der Waals surface area contributed by atoms with Gasteiger partial charge in [0.15, 0.2) is 0 Å². The number of nitrogens with one attached hydrogen (secondary N) is 1. The molecule has 4 heteroatoms. The van der Waals surface area contributed by atoms with E-state index in [1.807, 2.05) is 11.7 Å². The summed E-state index contributed by atoms with van der Waals surface area (Å²) < 4.78 is 2.02. The fourth-order valence-electron chi connectivity index (χ4n) is 1.50. The van der Waals surface area contributed by atoms with Gasteiger partial charge in [0, 0.05) is 0 Å². The molecule has 0 amide bonds. The van der Waals surface area contributed by atoms with Crippen LogP contribution in [0.3, 0.4) is 0 Å². The van der Waals surface area contributed by atoms with Gasteiger partial charge in [-0.15, -0.1) is 0 Å². The summed E-state index contributed by atoms with van der Waals surface area (Å²) in [7, 11) is 1.92. The van der Waals surface area contributed by atoms with Crippen LogP contribution in [0.1, 0.15) is 38.6 Å². The molecule has 0 aliphatic rings. The van der Waals surface area contributed by atoms with Crippen molar-refractivity contribution in [3.05, 3.63) is 12.2 Å². The van der Waals surface area contributed by atoms with Crippen molar-refractivity contribution in [3.8, 4) is 0 Å². The highest BCUT2D eigenvalue weighted by Crippen LogP contribution is 2.15. The molecule has 0 aliphatic heterocycles. The monoisotopic (exact) mass is 182 g/mol. The van der Waals surface area contributed by atoms with Gasteiger partial charge in [-0.25, -0.2) is 9.67 Å². The molecule has 0 radical (unpaired) electrons. The van der Waals surface area contributed by atoms with E-state index in [0.29, 0.717) is 6.04 Å². The van der Waals surface area contributed by atoms with E-state index in [1.54, 1.807) is 6.33 Å². The average molecular weight is 182 g/mol. The predicted octanol–water partition coefficient (Wildman–Crippen LogP) is 1.36. The summed E-state index contributed by atoms with van der Waals surface area (Å²) in [6, 6.07) is 0.492. The maximum Gasteiger partial charge on any atom is 0.141 e. The van der Waals surface area contributed by atoms with Crippen LogP contribution >= 0.6 is 0 Å². The molecule has 0 saturated carbocycles. The van der Waals surface area contributed by atoms with Gasteiger partial charge in [-0.2, -0.15) is 5.10 Å².